The van der Waals surface area contributed by atoms with E-state index in [2.05, 4.69) is 30.4 Å². The summed E-state index contributed by atoms with van der Waals surface area (Å²) in [6.45, 7) is 5.23. The summed E-state index contributed by atoms with van der Waals surface area (Å²) >= 11 is 0. The fourth-order valence-corrected chi connectivity index (χ4v) is 3.22. The van der Waals surface area contributed by atoms with Crippen molar-refractivity contribution in [3.8, 4) is 0 Å². The molecular formula is C14H19NO. The van der Waals surface area contributed by atoms with Crippen molar-refractivity contribution in [3.63, 3.8) is 0 Å². The first-order chi connectivity index (χ1) is 7.82. The normalized spacial score (nSPS) is 29.1. The van der Waals surface area contributed by atoms with Crippen LogP contribution in [0.5, 0.6) is 0 Å². The van der Waals surface area contributed by atoms with Crippen LogP contribution in [-0.2, 0) is 16.9 Å². The summed E-state index contributed by atoms with van der Waals surface area (Å²) in [5.74, 6) is 0. The molecule has 2 heteroatoms. The van der Waals surface area contributed by atoms with E-state index in [0.29, 0.717) is 0 Å². The van der Waals surface area contributed by atoms with E-state index in [-0.39, 0.29) is 5.60 Å². The third kappa shape index (κ3) is 1.48. The van der Waals surface area contributed by atoms with Crippen LogP contribution in [0, 0.1) is 6.92 Å². The van der Waals surface area contributed by atoms with Crippen LogP contribution in [-0.4, -0.2) is 13.1 Å². The zero-order chi connectivity index (χ0) is 11.0. The quantitative estimate of drug-likeness (QED) is 0.721. The molecule has 0 aromatic heterocycles. The smallest absolute Gasteiger partial charge is 0.0954 e. The highest BCUT2D eigenvalue weighted by Crippen LogP contribution is 2.44. The Labute approximate surface area is 97.0 Å². The number of ether oxygens (including phenoxy) is 1. The van der Waals surface area contributed by atoms with Crippen molar-refractivity contribution in [2.45, 2.75) is 38.4 Å². The minimum Gasteiger partial charge on any atom is -0.366 e. The third-order valence-corrected chi connectivity index (χ3v) is 3.96. The van der Waals surface area contributed by atoms with Gasteiger partial charge in [-0.15, -0.1) is 0 Å². The molecular weight excluding hydrogens is 198 g/mol. The Morgan fingerprint density at radius 1 is 1.25 bits per heavy atom. The summed E-state index contributed by atoms with van der Waals surface area (Å²) in [6.07, 6.45) is 3.50. The molecule has 0 radical (unpaired) electrons. The summed E-state index contributed by atoms with van der Waals surface area (Å²) in [6, 6.07) is 6.58. The van der Waals surface area contributed by atoms with E-state index >= 15 is 0 Å². The van der Waals surface area contributed by atoms with Crippen LogP contribution in [0.1, 0.15) is 36.0 Å². The molecule has 3 rings (SSSR count). The van der Waals surface area contributed by atoms with E-state index in [9.17, 15) is 0 Å². The molecule has 2 heterocycles. The molecule has 0 saturated carbocycles. The van der Waals surface area contributed by atoms with Gasteiger partial charge in [-0.25, -0.2) is 0 Å². The van der Waals surface area contributed by atoms with Gasteiger partial charge in [-0.2, -0.15) is 0 Å². The van der Waals surface area contributed by atoms with Gasteiger partial charge in [0, 0.05) is 0 Å². The summed E-state index contributed by atoms with van der Waals surface area (Å²) in [4.78, 5) is 0. The Morgan fingerprint density at radius 3 is 3.12 bits per heavy atom. The maximum Gasteiger partial charge on any atom is 0.0954 e. The topological polar surface area (TPSA) is 21.3 Å². The first-order valence-corrected chi connectivity index (χ1v) is 6.25. The van der Waals surface area contributed by atoms with E-state index in [0.717, 1.165) is 32.5 Å². The number of hydrogen-bond donors (Lipinski definition) is 1. The largest absolute Gasteiger partial charge is 0.366 e. The molecule has 1 N–H and O–H groups in total. The highest BCUT2D eigenvalue weighted by molar-refractivity contribution is 5.41. The van der Waals surface area contributed by atoms with Crippen molar-refractivity contribution < 1.29 is 4.74 Å². The highest BCUT2D eigenvalue weighted by atomic mass is 16.5. The van der Waals surface area contributed by atoms with Crippen molar-refractivity contribution in [1.29, 1.82) is 0 Å². The van der Waals surface area contributed by atoms with Crippen LogP contribution in [0.25, 0.3) is 0 Å². The van der Waals surface area contributed by atoms with Gasteiger partial charge in [-0.05, 0) is 56.0 Å². The van der Waals surface area contributed by atoms with E-state index in [1.54, 1.807) is 0 Å². The van der Waals surface area contributed by atoms with Crippen LogP contribution < -0.4 is 5.32 Å². The van der Waals surface area contributed by atoms with Crippen LogP contribution in [0.3, 0.4) is 0 Å². The van der Waals surface area contributed by atoms with Gasteiger partial charge in [0.05, 0.1) is 12.2 Å². The van der Waals surface area contributed by atoms with Gasteiger partial charge in [0.25, 0.3) is 0 Å². The highest BCUT2D eigenvalue weighted by Gasteiger charge is 2.40. The van der Waals surface area contributed by atoms with Crippen molar-refractivity contribution in [2.75, 3.05) is 13.1 Å². The molecule has 0 bridgehead atoms. The van der Waals surface area contributed by atoms with Crippen molar-refractivity contribution in [3.05, 3.63) is 34.9 Å². The van der Waals surface area contributed by atoms with Gasteiger partial charge < -0.3 is 10.1 Å². The maximum absolute atomic E-state index is 6.17. The number of nitrogens with one attached hydrogen (secondary N) is 1. The molecule has 1 aromatic rings. The van der Waals surface area contributed by atoms with Crippen LogP contribution in [0.15, 0.2) is 18.2 Å². The molecule has 1 aromatic carbocycles. The molecule has 16 heavy (non-hydrogen) atoms. The van der Waals surface area contributed by atoms with Crippen LogP contribution in [0.4, 0.5) is 0 Å². The molecule has 86 valence electrons. The Bertz CT molecular complexity index is 392. The second-order valence-electron chi connectivity index (χ2n) is 5.00. The van der Waals surface area contributed by atoms with E-state index in [4.69, 9.17) is 4.74 Å². The van der Waals surface area contributed by atoms with E-state index < -0.39 is 0 Å². The Kier molecular flexibility index (Phi) is 2.49. The van der Waals surface area contributed by atoms with E-state index in [1.807, 2.05) is 0 Å². The van der Waals surface area contributed by atoms with Gasteiger partial charge in [-0.1, -0.05) is 18.2 Å². The SMILES string of the molecule is Cc1cccc2c1C1(CCCNCC1)OC2. The number of fused-ring (bicyclic) bond motifs is 2. The first kappa shape index (κ1) is 10.3. The number of rotatable bonds is 0. The van der Waals surface area contributed by atoms with Gasteiger partial charge in [0.1, 0.15) is 0 Å². The zero-order valence-electron chi connectivity index (χ0n) is 9.88. The standard InChI is InChI=1S/C14H19NO/c1-11-4-2-5-12-10-16-14(13(11)12)6-3-8-15-9-7-14/h2,4-5,15H,3,6-10H2,1H3. The van der Waals surface area contributed by atoms with Crippen molar-refractivity contribution >= 4 is 0 Å². The molecule has 1 unspecified atom stereocenters. The molecule has 1 atom stereocenters. The lowest BCUT2D eigenvalue weighted by Crippen LogP contribution is -2.27. The zero-order valence-corrected chi connectivity index (χ0v) is 9.88. The van der Waals surface area contributed by atoms with E-state index in [1.165, 1.54) is 23.1 Å². The Balaban J connectivity index is 2.05. The first-order valence-electron chi connectivity index (χ1n) is 6.25. The fraction of sp³-hybridized carbons (Fsp3) is 0.571. The number of benzene rings is 1. The lowest BCUT2D eigenvalue weighted by atomic mass is 9.83. The lowest BCUT2D eigenvalue weighted by molar-refractivity contribution is -0.0472. The molecule has 0 amide bonds. The van der Waals surface area contributed by atoms with Crippen molar-refractivity contribution in [2.24, 2.45) is 0 Å². The second kappa shape index (κ2) is 3.86. The van der Waals surface area contributed by atoms with Gasteiger partial charge in [0.15, 0.2) is 0 Å². The maximum atomic E-state index is 6.17. The number of hydrogen-bond acceptors (Lipinski definition) is 2. The predicted molar refractivity (Wildman–Crippen MR) is 64.4 cm³/mol. The third-order valence-electron chi connectivity index (χ3n) is 3.96. The second-order valence-corrected chi connectivity index (χ2v) is 5.00. The lowest BCUT2D eigenvalue weighted by Gasteiger charge is -2.29. The molecule has 1 spiro atoms. The molecule has 2 aliphatic heterocycles. The average Bonchev–Trinajstić information content (AvgIpc) is 2.49. The molecule has 1 fully saturated rings. The van der Waals surface area contributed by atoms with Crippen LogP contribution in [0.2, 0.25) is 0 Å². The summed E-state index contributed by atoms with van der Waals surface area (Å²) in [5, 5.41) is 3.47. The fourth-order valence-electron chi connectivity index (χ4n) is 3.22. The van der Waals surface area contributed by atoms with Crippen molar-refractivity contribution in [1.82, 2.24) is 5.32 Å². The average molecular weight is 217 g/mol. The molecule has 2 aliphatic rings. The van der Waals surface area contributed by atoms with Gasteiger partial charge in [-0.3, -0.25) is 0 Å². The Hall–Kier alpha value is -0.860. The predicted octanol–water partition coefficient (Wildman–Crippen LogP) is 2.49. The number of aryl methyl sites for hydroxylation is 1. The summed E-state index contributed by atoms with van der Waals surface area (Å²) < 4.78 is 6.17. The molecule has 0 aliphatic carbocycles. The summed E-state index contributed by atoms with van der Waals surface area (Å²) in [5.41, 5.74) is 4.31. The Morgan fingerprint density at radius 2 is 2.19 bits per heavy atom. The monoisotopic (exact) mass is 217 g/mol. The van der Waals surface area contributed by atoms with Gasteiger partial charge in [0.2, 0.25) is 0 Å². The molecule has 2 nitrogen and oxygen atoms in total. The minimum absolute atomic E-state index is 0.0180. The van der Waals surface area contributed by atoms with Crippen LogP contribution >= 0.6 is 0 Å². The van der Waals surface area contributed by atoms with Gasteiger partial charge >= 0.3 is 0 Å². The minimum atomic E-state index is 0.0180. The molecule has 1 saturated heterocycles. The summed E-state index contributed by atoms with van der Waals surface area (Å²) in [7, 11) is 0.